The summed E-state index contributed by atoms with van der Waals surface area (Å²) in [6, 6.07) is 2.01. The van der Waals surface area contributed by atoms with Gasteiger partial charge in [-0.25, -0.2) is 9.59 Å². The van der Waals surface area contributed by atoms with Crippen molar-refractivity contribution >= 4 is 17.9 Å². The van der Waals surface area contributed by atoms with Crippen LogP contribution >= 0.6 is 0 Å². The number of carbonyl (C=O) groups is 3. The van der Waals surface area contributed by atoms with E-state index >= 15 is 0 Å². The zero-order valence-corrected chi connectivity index (χ0v) is 11.5. The van der Waals surface area contributed by atoms with Crippen LogP contribution in [0.15, 0.2) is 16.5 Å². The molecule has 2 heterocycles. The maximum absolute atomic E-state index is 12.1. The van der Waals surface area contributed by atoms with Crippen LogP contribution in [0.25, 0.3) is 0 Å². The summed E-state index contributed by atoms with van der Waals surface area (Å²) in [4.78, 5) is 36.2. The topological polar surface area (TPSA) is 88.9 Å². The van der Waals surface area contributed by atoms with Gasteiger partial charge in [0.25, 0.3) is 5.91 Å². The highest BCUT2D eigenvalue weighted by Gasteiger charge is 2.39. The van der Waals surface area contributed by atoms with E-state index in [0.29, 0.717) is 5.76 Å². The van der Waals surface area contributed by atoms with E-state index < -0.39 is 18.0 Å². The fourth-order valence-corrected chi connectivity index (χ4v) is 1.97. The number of rotatable bonds is 4. The number of nitrogens with zero attached hydrogens (tertiary/aromatic N) is 1. The van der Waals surface area contributed by atoms with Crippen LogP contribution in [0, 0.1) is 5.92 Å². The highest BCUT2D eigenvalue weighted by atomic mass is 16.5. The molecule has 1 N–H and O–H groups in total. The molecule has 2 rings (SSSR count). The molecule has 1 aromatic heterocycles. The van der Waals surface area contributed by atoms with Crippen molar-refractivity contribution in [2.75, 3.05) is 7.11 Å². The molecular weight excluding hydrogens is 264 g/mol. The summed E-state index contributed by atoms with van der Waals surface area (Å²) >= 11 is 0. The highest BCUT2D eigenvalue weighted by Crippen LogP contribution is 2.18. The summed E-state index contributed by atoms with van der Waals surface area (Å²) in [5, 5.41) is 2.62. The van der Waals surface area contributed by atoms with Crippen LogP contribution in [-0.4, -0.2) is 36.0 Å². The molecule has 0 saturated carbocycles. The molecule has 1 fully saturated rings. The molecule has 1 saturated heterocycles. The molecule has 1 unspecified atom stereocenters. The number of ether oxygens (including phenoxy) is 1. The molecule has 0 spiro atoms. The Labute approximate surface area is 115 Å². The minimum Gasteiger partial charge on any atom is -0.463 e. The number of nitrogens with one attached hydrogen (secondary N) is 1. The lowest BCUT2D eigenvalue weighted by atomic mass is 10.1. The van der Waals surface area contributed by atoms with Crippen molar-refractivity contribution in [3.05, 3.63) is 23.7 Å². The van der Waals surface area contributed by atoms with Gasteiger partial charge in [-0.1, -0.05) is 13.8 Å². The van der Waals surface area contributed by atoms with Gasteiger partial charge in [0.05, 0.1) is 13.7 Å². The second-order valence-electron chi connectivity index (χ2n) is 4.85. The molecule has 0 aromatic carbocycles. The van der Waals surface area contributed by atoms with Gasteiger partial charge in [0, 0.05) is 0 Å². The first-order valence-electron chi connectivity index (χ1n) is 6.23. The molecule has 0 aliphatic carbocycles. The molecule has 0 bridgehead atoms. The van der Waals surface area contributed by atoms with Gasteiger partial charge < -0.3 is 14.5 Å². The minimum absolute atomic E-state index is 0.00905. The van der Waals surface area contributed by atoms with Crippen LogP contribution in [0.2, 0.25) is 0 Å². The first-order valence-corrected chi connectivity index (χ1v) is 6.23. The van der Waals surface area contributed by atoms with Crippen molar-refractivity contribution in [2.24, 2.45) is 5.92 Å². The number of imide groups is 1. The summed E-state index contributed by atoms with van der Waals surface area (Å²) in [6.07, 6.45) is 0. The van der Waals surface area contributed by atoms with Crippen molar-refractivity contribution in [1.82, 2.24) is 10.2 Å². The first kappa shape index (κ1) is 14.1. The van der Waals surface area contributed by atoms with Crippen LogP contribution < -0.4 is 5.32 Å². The third kappa shape index (κ3) is 2.52. The maximum Gasteiger partial charge on any atom is 0.373 e. The van der Waals surface area contributed by atoms with Crippen LogP contribution in [0.4, 0.5) is 4.79 Å². The van der Waals surface area contributed by atoms with E-state index in [1.165, 1.54) is 19.2 Å². The number of esters is 1. The smallest absolute Gasteiger partial charge is 0.373 e. The Morgan fingerprint density at radius 2 is 2.15 bits per heavy atom. The standard InChI is InChI=1S/C13H16N2O5/c1-7(2)10-11(16)15(13(18)14-10)6-8-4-5-9(20-8)12(17)19-3/h4-5,7,10H,6H2,1-3H3,(H,14,18). The van der Waals surface area contributed by atoms with Gasteiger partial charge in [0.15, 0.2) is 0 Å². The molecule has 1 aliphatic heterocycles. The fourth-order valence-electron chi connectivity index (χ4n) is 1.97. The number of carbonyl (C=O) groups excluding carboxylic acids is 3. The Balaban J connectivity index is 2.10. The van der Waals surface area contributed by atoms with Gasteiger partial charge in [0.2, 0.25) is 5.76 Å². The van der Waals surface area contributed by atoms with Crippen molar-refractivity contribution in [3.8, 4) is 0 Å². The Morgan fingerprint density at radius 3 is 2.70 bits per heavy atom. The summed E-state index contributed by atoms with van der Waals surface area (Å²) in [6.45, 7) is 3.70. The predicted molar refractivity (Wildman–Crippen MR) is 67.8 cm³/mol. The second kappa shape index (κ2) is 5.36. The first-order chi connectivity index (χ1) is 9.43. The molecule has 3 amide bonds. The van der Waals surface area contributed by atoms with E-state index in [1.54, 1.807) is 0 Å². The van der Waals surface area contributed by atoms with Crippen molar-refractivity contribution in [2.45, 2.75) is 26.4 Å². The largest absolute Gasteiger partial charge is 0.463 e. The van der Waals surface area contributed by atoms with E-state index in [2.05, 4.69) is 10.1 Å². The third-order valence-corrected chi connectivity index (χ3v) is 3.09. The molecule has 20 heavy (non-hydrogen) atoms. The predicted octanol–water partition coefficient (Wildman–Crippen LogP) is 1.14. The molecule has 1 aromatic rings. The number of furan rings is 1. The number of hydrogen-bond acceptors (Lipinski definition) is 5. The monoisotopic (exact) mass is 280 g/mol. The lowest BCUT2D eigenvalue weighted by Gasteiger charge is -2.13. The van der Waals surface area contributed by atoms with Gasteiger partial charge in [-0.05, 0) is 18.1 Å². The van der Waals surface area contributed by atoms with E-state index in [1.807, 2.05) is 13.8 Å². The average Bonchev–Trinajstić information content (AvgIpc) is 2.98. The summed E-state index contributed by atoms with van der Waals surface area (Å²) in [5.74, 6) is -0.499. The van der Waals surface area contributed by atoms with Crippen molar-refractivity contribution in [1.29, 1.82) is 0 Å². The van der Waals surface area contributed by atoms with Gasteiger partial charge in [-0.15, -0.1) is 0 Å². The lowest BCUT2D eigenvalue weighted by Crippen LogP contribution is -2.34. The Morgan fingerprint density at radius 1 is 1.45 bits per heavy atom. The fraction of sp³-hybridized carbons (Fsp3) is 0.462. The number of methoxy groups -OCH3 is 1. The number of hydrogen-bond donors (Lipinski definition) is 1. The van der Waals surface area contributed by atoms with Crippen molar-refractivity contribution in [3.63, 3.8) is 0 Å². The van der Waals surface area contributed by atoms with Gasteiger partial charge >= 0.3 is 12.0 Å². The molecule has 7 heteroatoms. The average molecular weight is 280 g/mol. The summed E-state index contributed by atoms with van der Waals surface area (Å²) in [5.41, 5.74) is 0. The second-order valence-corrected chi connectivity index (χ2v) is 4.85. The highest BCUT2D eigenvalue weighted by molar-refractivity contribution is 6.04. The normalized spacial score (nSPS) is 18.6. The Hall–Kier alpha value is -2.31. The Kier molecular flexibility index (Phi) is 3.78. The van der Waals surface area contributed by atoms with Gasteiger partial charge in [-0.2, -0.15) is 0 Å². The molecule has 1 atom stereocenters. The van der Waals surface area contributed by atoms with Gasteiger partial charge in [-0.3, -0.25) is 9.69 Å². The van der Waals surface area contributed by atoms with Crippen LogP contribution in [0.1, 0.15) is 30.2 Å². The van der Waals surface area contributed by atoms with E-state index in [0.717, 1.165) is 4.90 Å². The minimum atomic E-state index is -0.603. The molecule has 1 aliphatic rings. The SMILES string of the molecule is COC(=O)c1ccc(CN2C(=O)NC(C(C)C)C2=O)o1. The van der Waals surface area contributed by atoms with Crippen LogP contribution in [0.3, 0.4) is 0 Å². The lowest BCUT2D eigenvalue weighted by molar-refractivity contribution is -0.128. The molecular formula is C13H16N2O5. The van der Waals surface area contributed by atoms with Gasteiger partial charge in [0.1, 0.15) is 11.8 Å². The number of urea groups is 1. The van der Waals surface area contributed by atoms with E-state index in [4.69, 9.17) is 4.42 Å². The quantitative estimate of drug-likeness (QED) is 0.660. The van der Waals surface area contributed by atoms with Crippen molar-refractivity contribution < 1.29 is 23.5 Å². The van der Waals surface area contributed by atoms with Crippen LogP contribution in [-0.2, 0) is 16.1 Å². The number of amides is 3. The maximum atomic E-state index is 12.1. The zero-order chi connectivity index (χ0) is 14.9. The zero-order valence-electron chi connectivity index (χ0n) is 11.5. The third-order valence-electron chi connectivity index (χ3n) is 3.09. The Bertz CT molecular complexity index is 549. The van der Waals surface area contributed by atoms with E-state index in [-0.39, 0.29) is 24.1 Å². The summed E-state index contributed by atoms with van der Waals surface area (Å²) in [7, 11) is 1.25. The van der Waals surface area contributed by atoms with Crippen LogP contribution in [0.5, 0.6) is 0 Å². The molecule has 0 radical (unpaired) electrons. The molecule has 108 valence electrons. The molecule has 7 nitrogen and oxygen atoms in total. The van der Waals surface area contributed by atoms with E-state index in [9.17, 15) is 14.4 Å². The summed E-state index contributed by atoms with van der Waals surface area (Å²) < 4.78 is 9.76.